The SMILES string of the molecule is CC1CSCCN1c1ccc(C(N)=S)c(C(F)(F)F)c1. The lowest BCUT2D eigenvalue weighted by Crippen LogP contribution is -2.40. The molecule has 1 aliphatic rings. The molecule has 1 saturated heterocycles. The van der Waals surface area contributed by atoms with E-state index in [0.29, 0.717) is 5.69 Å². The largest absolute Gasteiger partial charge is 0.417 e. The summed E-state index contributed by atoms with van der Waals surface area (Å²) in [5, 5.41) is 0. The molecule has 1 fully saturated rings. The van der Waals surface area contributed by atoms with E-state index in [1.54, 1.807) is 6.07 Å². The van der Waals surface area contributed by atoms with Crippen molar-refractivity contribution in [3.8, 4) is 0 Å². The molecule has 1 heterocycles. The van der Waals surface area contributed by atoms with Crippen molar-refractivity contribution in [1.29, 1.82) is 0 Å². The first-order valence-electron chi connectivity index (χ1n) is 6.16. The third-order valence-electron chi connectivity index (χ3n) is 3.27. The number of benzene rings is 1. The van der Waals surface area contributed by atoms with Crippen LogP contribution in [0.5, 0.6) is 0 Å². The maximum atomic E-state index is 13.1. The van der Waals surface area contributed by atoms with E-state index in [9.17, 15) is 13.2 Å². The van der Waals surface area contributed by atoms with Crippen LogP contribution in [-0.4, -0.2) is 29.1 Å². The smallest absolute Gasteiger partial charge is 0.389 e. The highest BCUT2D eigenvalue weighted by atomic mass is 32.2. The van der Waals surface area contributed by atoms with Gasteiger partial charge in [0.15, 0.2) is 0 Å². The van der Waals surface area contributed by atoms with E-state index in [4.69, 9.17) is 18.0 Å². The van der Waals surface area contributed by atoms with Crippen LogP contribution in [-0.2, 0) is 6.18 Å². The van der Waals surface area contributed by atoms with Gasteiger partial charge in [0.2, 0.25) is 0 Å². The predicted molar refractivity (Wildman–Crippen MR) is 81.5 cm³/mol. The lowest BCUT2D eigenvalue weighted by Gasteiger charge is -2.35. The van der Waals surface area contributed by atoms with Crippen molar-refractivity contribution >= 4 is 34.7 Å². The summed E-state index contributed by atoms with van der Waals surface area (Å²) < 4.78 is 39.3. The molecule has 2 rings (SSSR count). The van der Waals surface area contributed by atoms with E-state index in [0.717, 1.165) is 24.1 Å². The van der Waals surface area contributed by atoms with Crippen LogP contribution in [0.1, 0.15) is 18.1 Å². The molecule has 2 nitrogen and oxygen atoms in total. The van der Waals surface area contributed by atoms with Gasteiger partial charge >= 0.3 is 6.18 Å². The monoisotopic (exact) mass is 320 g/mol. The second kappa shape index (κ2) is 5.81. The topological polar surface area (TPSA) is 29.3 Å². The summed E-state index contributed by atoms with van der Waals surface area (Å²) in [6, 6.07) is 4.40. The number of anilines is 1. The maximum Gasteiger partial charge on any atom is 0.417 e. The number of thioether (sulfide) groups is 1. The van der Waals surface area contributed by atoms with Crippen molar-refractivity contribution in [2.75, 3.05) is 23.0 Å². The molecule has 0 saturated carbocycles. The van der Waals surface area contributed by atoms with Crippen molar-refractivity contribution < 1.29 is 13.2 Å². The van der Waals surface area contributed by atoms with Crippen molar-refractivity contribution in [2.24, 2.45) is 5.73 Å². The fourth-order valence-electron chi connectivity index (χ4n) is 2.27. The van der Waals surface area contributed by atoms with Crippen LogP contribution in [0.15, 0.2) is 18.2 Å². The van der Waals surface area contributed by atoms with Gasteiger partial charge in [-0.1, -0.05) is 12.2 Å². The third kappa shape index (κ3) is 3.20. The molecule has 2 N–H and O–H groups in total. The first-order chi connectivity index (χ1) is 9.30. The number of nitrogens with two attached hydrogens (primary N) is 1. The Morgan fingerprint density at radius 3 is 2.70 bits per heavy atom. The molecule has 7 heteroatoms. The summed E-state index contributed by atoms with van der Waals surface area (Å²) in [6.07, 6.45) is -4.46. The van der Waals surface area contributed by atoms with Gasteiger partial charge in [0.1, 0.15) is 4.99 Å². The number of rotatable bonds is 2. The Balaban J connectivity index is 2.44. The summed E-state index contributed by atoms with van der Waals surface area (Å²) in [5.41, 5.74) is 5.08. The van der Waals surface area contributed by atoms with Gasteiger partial charge in [0.25, 0.3) is 0 Å². The normalized spacial score (nSPS) is 20.0. The van der Waals surface area contributed by atoms with Crippen LogP contribution >= 0.6 is 24.0 Å². The molecule has 1 aliphatic heterocycles. The molecular weight excluding hydrogens is 305 g/mol. The van der Waals surface area contributed by atoms with Crippen molar-refractivity contribution in [1.82, 2.24) is 0 Å². The second-order valence-corrected chi connectivity index (χ2v) is 6.30. The molecule has 1 unspecified atom stereocenters. The fourth-order valence-corrected chi connectivity index (χ4v) is 3.46. The number of hydrogen-bond acceptors (Lipinski definition) is 3. The van der Waals surface area contributed by atoms with E-state index in [1.165, 1.54) is 6.07 Å². The van der Waals surface area contributed by atoms with Gasteiger partial charge in [-0.25, -0.2) is 0 Å². The average Bonchev–Trinajstić information content (AvgIpc) is 2.37. The molecule has 1 atom stereocenters. The summed E-state index contributed by atoms with van der Waals surface area (Å²) in [6.45, 7) is 2.76. The average molecular weight is 320 g/mol. The zero-order valence-electron chi connectivity index (χ0n) is 10.9. The van der Waals surface area contributed by atoms with Crippen LogP contribution in [0.2, 0.25) is 0 Å². The van der Waals surface area contributed by atoms with Crippen LogP contribution in [0, 0.1) is 0 Å². The fraction of sp³-hybridized carbons (Fsp3) is 0.462. The summed E-state index contributed by atoms with van der Waals surface area (Å²) in [5.74, 6) is 1.83. The number of halogens is 3. The Morgan fingerprint density at radius 2 is 2.15 bits per heavy atom. The van der Waals surface area contributed by atoms with E-state index in [-0.39, 0.29) is 16.6 Å². The van der Waals surface area contributed by atoms with Crippen LogP contribution < -0.4 is 10.6 Å². The van der Waals surface area contributed by atoms with Gasteiger partial charge in [-0.15, -0.1) is 0 Å². The number of thiocarbonyl (C=S) groups is 1. The van der Waals surface area contributed by atoms with Gasteiger partial charge < -0.3 is 10.6 Å². The molecule has 20 heavy (non-hydrogen) atoms. The standard InChI is InChI=1S/C13H15F3N2S2/c1-8-7-20-5-4-18(8)9-2-3-10(12(17)19)11(6-9)13(14,15)16/h2-3,6,8H,4-5,7H2,1H3,(H2,17,19). The highest BCUT2D eigenvalue weighted by Crippen LogP contribution is 2.35. The first kappa shape index (κ1) is 15.4. The molecule has 0 amide bonds. The van der Waals surface area contributed by atoms with E-state index in [2.05, 4.69) is 0 Å². The van der Waals surface area contributed by atoms with Gasteiger partial charge in [0, 0.05) is 35.3 Å². The lowest BCUT2D eigenvalue weighted by atomic mass is 10.0. The van der Waals surface area contributed by atoms with Crippen molar-refractivity contribution in [3.63, 3.8) is 0 Å². The zero-order chi connectivity index (χ0) is 14.9. The molecule has 0 radical (unpaired) electrons. The molecule has 0 spiro atoms. The number of alkyl halides is 3. The highest BCUT2D eigenvalue weighted by molar-refractivity contribution is 7.99. The van der Waals surface area contributed by atoms with Crippen molar-refractivity contribution in [3.05, 3.63) is 29.3 Å². The highest BCUT2D eigenvalue weighted by Gasteiger charge is 2.35. The molecule has 1 aromatic rings. The minimum absolute atomic E-state index is 0.115. The van der Waals surface area contributed by atoms with Crippen LogP contribution in [0.4, 0.5) is 18.9 Å². The van der Waals surface area contributed by atoms with Crippen LogP contribution in [0.25, 0.3) is 0 Å². The Kier molecular flexibility index (Phi) is 4.49. The first-order valence-corrected chi connectivity index (χ1v) is 7.72. The van der Waals surface area contributed by atoms with E-state index in [1.807, 2.05) is 23.6 Å². The number of hydrogen-bond donors (Lipinski definition) is 1. The zero-order valence-corrected chi connectivity index (χ0v) is 12.5. The lowest BCUT2D eigenvalue weighted by molar-refractivity contribution is -0.137. The van der Waals surface area contributed by atoms with Crippen LogP contribution in [0.3, 0.4) is 0 Å². The summed E-state index contributed by atoms with van der Waals surface area (Å²) in [4.78, 5) is 1.76. The molecule has 0 bridgehead atoms. The molecule has 0 aliphatic carbocycles. The minimum atomic E-state index is -4.46. The van der Waals surface area contributed by atoms with Gasteiger partial charge in [-0.05, 0) is 25.1 Å². The number of nitrogens with zero attached hydrogens (tertiary/aromatic N) is 1. The third-order valence-corrected chi connectivity index (χ3v) is 4.68. The summed E-state index contributed by atoms with van der Waals surface area (Å²) in [7, 11) is 0. The predicted octanol–water partition coefficient (Wildman–Crippen LogP) is 3.28. The summed E-state index contributed by atoms with van der Waals surface area (Å²) >= 11 is 6.52. The Labute approximate surface area is 125 Å². The van der Waals surface area contributed by atoms with Crippen molar-refractivity contribution in [2.45, 2.75) is 19.1 Å². The maximum absolute atomic E-state index is 13.1. The molecular formula is C13H15F3N2S2. The molecule has 110 valence electrons. The molecule has 0 aromatic heterocycles. The quantitative estimate of drug-likeness (QED) is 0.847. The van der Waals surface area contributed by atoms with E-state index < -0.39 is 11.7 Å². The van der Waals surface area contributed by atoms with E-state index >= 15 is 0 Å². The van der Waals surface area contributed by atoms with Gasteiger partial charge in [-0.2, -0.15) is 24.9 Å². The minimum Gasteiger partial charge on any atom is -0.389 e. The Bertz CT molecular complexity index is 517. The van der Waals surface area contributed by atoms with Gasteiger partial charge in [-0.3, -0.25) is 0 Å². The van der Waals surface area contributed by atoms with Gasteiger partial charge in [0.05, 0.1) is 5.56 Å². The Hall–Kier alpha value is -0.950. The Morgan fingerprint density at radius 1 is 1.45 bits per heavy atom. The molecule has 1 aromatic carbocycles. The second-order valence-electron chi connectivity index (χ2n) is 4.71.